The number of morpholine rings is 1. The number of nitrogens with zero attached hydrogens (tertiary/aromatic N) is 2. The first-order valence-corrected chi connectivity index (χ1v) is 9.05. The number of hydrogen-bond acceptors (Lipinski definition) is 3. The maximum absolute atomic E-state index is 12.7. The third kappa shape index (κ3) is 3.40. The number of likely N-dealkylation sites (tertiary alicyclic amines) is 1. The van der Waals surface area contributed by atoms with Crippen molar-refractivity contribution in [3.8, 4) is 0 Å². The smallest absolute Gasteiger partial charge is 0.317 e. The average Bonchev–Trinajstić information content (AvgIpc) is 2.94. The molecule has 0 unspecified atom stereocenters. The minimum absolute atomic E-state index is 0.155. The molecule has 3 aliphatic rings. The van der Waals surface area contributed by atoms with Crippen LogP contribution in [-0.2, 0) is 4.74 Å². The summed E-state index contributed by atoms with van der Waals surface area (Å²) in [6, 6.07) is 1.19. The first kappa shape index (κ1) is 16.1. The summed E-state index contributed by atoms with van der Waals surface area (Å²) in [4.78, 5) is 17.2. The maximum Gasteiger partial charge on any atom is 0.317 e. The Labute approximate surface area is 134 Å². The van der Waals surface area contributed by atoms with E-state index in [1.54, 1.807) is 0 Å². The highest BCUT2D eigenvalue weighted by molar-refractivity contribution is 5.75. The largest absolute Gasteiger partial charge is 0.379 e. The van der Waals surface area contributed by atoms with E-state index in [4.69, 9.17) is 4.74 Å². The maximum atomic E-state index is 12.7. The van der Waals surface area contributed by atoms with Crippen molar-refractivity contribution in [2.24, 2.45) is 5.92 Å². The van der Waals surface area contributed by atoms with E-state index in [1.165, 1.54) is 32.1 Å². The second-order valence-corrected chi connectivity index (χ2v) is 7.22. The summed E-state index contributed by atoms with van der Waals surface area (Å²) >= 11 is 0. The Balaban J connectivity index is 1.51. The van der Waals surface area contributed by atoms with Crippen LogP contribution < -0.4 is 5.32 Å². The second-order valence-electron chi connectivity index (χ2n) is 7.22. The Morgan fingerprint density at radius 3 is 2.45 bits per heavy atom. The number of rotatable bonds is 4. The van der Waals surface area contributed by atoms with Crippen LogP contribution in [0.3, 0.4) is 0 Å². The van der Waals surface area contributed by atoms with Gasteiger partial charge in [-0.25, -0.2) is 4.79 Å². The van der Waals surface area contributed by atoms with Crippen molar-refractivity contribution in [1.82, 2.24) is 15.1 Å². The minimum atomic E-state index is 0.155. The lowest BCUT2D eigenvalue weighted by molar-refractivity contribution is 0.0139. The average molecular weight is 309 g/mol. The van der Waals surface area contributed by atoms with Crippen molar-refractivity contribution in [3.63, 3.8) is 0 Å². The third-order valence-corrected chi connectivity index (χ3v) is 5.95. The molecule has 126 valence electrons. The van der Waals surface area contributed by atoms with E-state index in [0.29, 0.717) is 12.1 Å². The third-order valence-electron chi connectivity index (χ3n) is 5.95. The molecule has 0 aromatic carbocycles. The predicted molar refractivity (Wildman–Crippen MR) is 86.9 cm³/mol. The fraction of sp³-hybridized carbons (Fsp3) is 0.941. The summed E-state index contributed by atoms with van der Waals surface area (Å²) < 4.78 is 5.41. The molecule has 5 heteroatoms. The number of nitrogens with one attached hydrogen (secondary N) is 1. The molecule has 2 amide bonds. The van der Waals surface area contributed by atoms with Gasteiger partial charge in [0.1, 0.15) is 0 Å². The molecule has 0 bridgehead atoms. The highest BCUT2D eigenvalue weighted by Crippen LogP contribution is 2.37. The van der Waals surface area contributed by atoms with E-state index < -0.39 is 0 Å². The first-order chi connectivity index (χ1) is 10.7. The zero-order valence-corrected chi connectivity index (χ0v) is 14.1. The molecule has 2 aliphatic heterocycles. The standard InChI is InChI=1S/C17H31N3O2/c1-13(14(2)19-9-11-22-12-10-19)18-17(21)20-8-4-7-16(20)15-5-3-6-15/h13-16H,3-12H2,1-2H3,(H,18,21)/t13-,14-,16+/m0/s1. The number of ether oxygens (including phenoxy) is 1. The van der Waals surface area contributed by atoms with Crippen molar-refractivity contribution in [2.45, 2.75) is 64.1 Å². The molecule has 1 saturated carbocycles. The van der Waals surface area contributed by atoms with E-state index >= 15 is 0 Å². The van der Waals surface area contributed by atoms with Gasteiger partial charge in [-0.3, -0.25) is 4.90 Å². The molecule has 0 radical (unpaired) electrons. The molecular formula is C17H31N3O2. The zero-order valence-electron chi connectivity index (χ0n) is 14.1. The van der Waals surface area contributed by atoms with E-state index in [1.807, 2.05) is 0 Å². The van der Waals surface area contributed by atoms with Crippen LogP contribution in [-0.4, -0.2) is 66.8 Å². The van der Waals surface area contributed by atoms with Crippen LogP contribution in [0.5, 0.6) is 0 Å². The van der Waals surface area contributed by atoms with Gasteiger partial charge in [-0.2, -0.15) is 0 Å². The van der Waals surface area contributed by atoms with Gasteiger partial charge in [0.25, 0.3) is 0 Å². The molecule has 2 heterocycles. The summed E-state index contributed by atoms with van der Waals surface area (Å²) in [5.41, 5.74) is 0. The van der Waals surface area contributed by atoms with Crippen molar-refractivity contribution in [2.75, 3.05) is 32.8 Å². The Hall–Kier alpha value is -0.810. The predicted octanol–water partition coefficient (Wildman–Crippen LogP) is 2.07. The lowest BCUT2D eigenvalue weighted by atomic mass is 9.79. The van der Waals surface area contributed by atoms with Gasteiger partial charge in [0.05, 0.1) is 13.2 Å². The van der Waals surface area contributed by atoms with Gasteiger partial charge < -0.3 is 15.0 Å². The van der Waals surface area contributed by atoms with E-state index in [0.717, 1.165) is 38.8 Å². The molecule has 0 aromatic heterocycles. The van der Waals surface area contributed by atoms with Crippen LogP contribution in [0.1, 0.15) is 46.0 Å². The van der Waals surface area contributed by atoms with Crippen molar-refractivity contribution in [3.05, 3.63) is 0 Å². The molecule has 0 aromatic rings. The van der Waals surface area contributed by atoms with Crippen LogP contribution in [0.4, 0.5) is 4.79 Å². The Bertz CT molecular complexity index is 380. The summed E-state index contributed by atoms with van der Waals surface area (Å²) in [5, 5.41) is 3.26. The summed E-state index contributed by atoms with van der Waals surface area (Å²) in [7, 11) is 0. The van der Waals surface area contributed by atoms with Gasteiger partial charge in [-0.15, -0.1) is 0 Å². The highest BCUT2D eigenvalue weighted by Gasteiger charge is 2.38. The van der Waals surface area contributed by atoms with E-state index in [-0.39, 0.29) is 12.1 Å². The Kier molecular flexibility index (Phi) is 5.24. The lowest BCUT2D eigenvalue weighted by Crippen LogP contribution is -2.55. The number of hydrogen-bond donors (Lipinski definition) is 1. The Morgan fingerprint density at radius 2 is 1.82 bits per heavy atom. The fourth-order valence-corrected chi connectivity index (χ4v) is 4.06. The quantitative estimate of drug-likeness (QED) is 0.865. The summed E-state index contributed by atoms with van der Waals surface area (Å²) in [6.07, 6.45) is 6.34. The van der Waals surface area contributed by atoms with Crippen LogP contribution in [0.15, 0.2) is 0 Å². The topological polar surface area (TPSA) is 44.8 Å². The van der Waals surface area contributed by atoms with Gasteiger partial charge >= 0.3 is 6.03 Å². The molecule has 3 fully saturated rings. The molecule has 22 heavy (non-hydrogen) atoms. The van der Waals surface area contributed by atoms with Crippen molar-refractivity contribution in [1.29, 1.82) is 0 Å². The molecule has 3 rings (SSSR count). The monoisotopic (exact) mass is 309 g/mol. The Morgan fingerprint density at radius 1 is 1.09 bits per heavy atom. The van der Waals surface area contributed by atoms with Crippen molar-refractivity contribution < 1.29 is 9.53 Å². The first-order valence-electron chi connectivity index (χ1n) is 9.05. The zero-order chi connectivity index (χ0) is 15.5. The number of urea groups is 1. The minimum Gasteiger partial charge on any atom is -0.379 e. The molecule has 0 spiro atoms. The molecule has 3 atom stereocenters. The van der Waals surface area contributed by atoms with Gasteiger partial charge in [0.2, 0.25) is 0 Å². The lowest BCUT2D eigenvalue weighted by Gasteiger charge is -2.39. The molecule has 1 aliphatic carbocycles. The van der Waals surface area contributed by atoms with Crippen molar-refractivity contribution >= 4 is 6.03 Å². The van der Waals surface area contributed by atoms with Gasteiger partial charge in [-0.1, -0.05) is 6.42 Å². The van der Waals surface area contributed by atoms with Gasteiger partial charge in [-0.05, 0) is 45.4 Å². The van der Waals surface area contributed by atoms with Crippen LogP contribution in [0.2, 0.25) is 0 Å². The highest BCUT2D eigenvalue weighted by atomic mass is 16.5. The number of carbonyl (C=O) groups excluding carboxylic acids is 1. The number of carbonyl (C=O) groups is 1. The van der Waals surface area contributed by atoms with Crippen LogP contribution >= 0.6 is 0 Å². The van der Waals surface area contributed by atoms with Crippen LogP contribution in [0, 0.1) is 5.92 Å². The van der Waals surface area contributed by atoms with Gasteiger partial charge in [0.15, 0.2) is 0 Å². The molecule has 2 saturated heterocycles. The fourth-order valence-electron chi connectivity index (χ4n) is 4.06. The summed E-state index contributed by atoms with van der Waals surface area (Å²) in [5.74, 6) is 0.764. The SMILES string of the molecule is C[C@H](NC(=O)N1CCC[C@@H]1C1CCC1)[C@H](C)N1CCOCC1. The normalized spacial score (nSPS) is 29.9. The van der Waals surface area contributed by atoms with Crippen LogP contribution in [0.25, 0.3) is 0 Å². The van der Waals surface area contributed by atoms with E-state index in [9.17, 15) is 4.79 Å². The molecular weight excluding hydrogens is 278 g/mol. The van der Waals surface area contributed by atoms with Gasteiger partial charge in [0, 0.05) is 37.8 Å². The number of amides is 2. The second kappa shape index (κ2) is 7.18. The van der Waals surface area contributed by atoms with E-state index in [2.05, 4.69) is 29.0 Å². The summed E-state index contributed by atoms with van der Waals surface area (Å²) in [6.45, 7) is 8.83. The molecule has 1 N–H and O–H groups in total. The molecule has 5 nitrogen and oxygen atoms in total.